The summed E-state index contributed by atoms with van der Waals surface area (Å²) in [5.41, 5.74) is 1.13. The van der Waals surface area contributed by atoms with Gasteiger partial charge in [0.05, 0.1) is 12.8 Å². The predicted octanol–water partition coefficient (Wildman–Crippen LogP) is 3.60. The Morgan fingerprint density at radius 1 is 1.40 bits per heavy atom. The molecule has 0 aromatic carbocycles. The second kappa shape index (κ2) is 5.96. The maximum Gasteiger partial charge on any atom is 0.137 e. The fraction of sp³-hybridized carbons (Fsp3) is 0.583. The van der Waals surface area contributed by atoms with E-state index in [4.69, 9.17) is 16.3 Å². The van der Waals surface area contributed by atoms with Gasteiger partial charge in [0.25, 0.3) is 0 Å². The Morgan fingerprint density at radius 3 is 2.73 bits per heavy atom. The zero-order valence-corrected chi connectivity index (χ0v) is 10.3. The molecule has 2 nitrogen and oxygen atoms in total. The molecule has 0 N–H and O–H groups in total. The van der Waals surface area contributed by atoms with E-state index in [1.807, 2.05) is 19.2 Å². The molecule has 0 amide bonds. The van der Waals surface area contributed by atoms with Crippen LogP contribution in [-0.4, -0.2) is 17.0 Å². The Hall–Kier alpha value is -0.760. The number of ether oxygens (including phenoxy) is 1. The first kappa shape index (κ1) is 12.3. The molecule has 1 aromatic rings. The third-order valence-electron chi connectivity index (χ3n) is 2.42. The lowest BCUT2D eigenvalue weighted by atomic mass is 10.0. The van der Waals surface area contributed by atoms with Crippen molar-refractivity contribution in [3.8, 4) is 5.75 Å². The topological polar surface area (TPSA) is 22.1 Å². The van der Waals surface area contributed by atoms with Gasteiger partial charge in [0.2, 0.25) is 0 Å². The van der Waals surface area contributed by atoms with Crippen LogP contribution in [0.4, 0.5) is 0 Å². The standard InChI is InChI=1S/C12H18ClNO/c1-4-5-15-12-6-11(7-14-8-12)9(2)10(3)13/h6-10H,4-5H2,1-3H3. The van der Waals surface area contributed by atoms with Gasteiger partial charge >= 0.3 is 0 Å². The van der Waals surface area contributed by atoms with Crippen LogP contribution in [0.3, 0.4) is 0 Å². The summed E-state index contributed by atoms with van der Waals surface area (Å²) in [6.07, 6.45) is 4.60. The molecule has 0 aliphatic rings. The lowest BCUT2D eigenvalue weighted by Gasteiger charge is -2.14. The van der Waals surface area contributed by atoms with E-state index in [1.165, 1.54) is 0 Å². The minimum atomic E-state index is 0.105. The van der Waals surface area contributed by atoms with Gasteiger partial charge in [-0.25, -0.2) is 0 Å². The van der Waals surface area contributed by atoms with Crippen molar-refractivity contribution >= 4 is 11.6 Å². The Labute approximate surface area is 96.6 Å². The van der Waals surface area contributed by atoms with Gasteiger partial charge in [0.1, 0.15) is 5.75 Å². The third kappa shape index (κ3) is 3.71. The van der Waals surface area contributed by atoms with Gasteiger partial charge in [-0.1, -0.05) is 13.8 Å². The molecule has 1 aromatic heterocycles. The number of rotatable bonds is 5. The average molecular weight is 228 g/mol. The Kier molecular flexibility index (Phi) is 4.89. The summed E-state index contributed by atoms with van der Waals surface area (Å²) in [4.78, 5) is 4.16. The monoisotopic (exact) mass is 227 g/mol. The zero-order valence-electron chi connectivity index (χ0n) is 9.53. The summed E-state index contributed by atoms with van der Waals surface area (Å²) in [5, 5.41) is 0.105. The van der Waals surface area contributed by atoms with Crippen LogP contribution in [0.25, 0.3) is 0 Å². The second-order valence-corrected chi connectivity index (χ2v) is 4.46. The van der Waals surface area contributed by atoms with Crippen LogP contribution in [0.5, 0.6) is 5.75 Å². The van der Waals surface area contributed by atoms with E-state index in [-0.39, 0.29) is 5.38 Å². The maximum absolute atomic E-state index is 6.05. The Bertz CT molecular complexity index is 301. The lowest BCUT2D eigenvalue weighted by Crippen LogP contribution is -2.06. The van der Waals surface area contributed by atoms with Gasteiger partial charge in [-0.2, -0.15) is 0 Å². The van der Waals surface area contributed by atoms with Gasteiger partial charge in [0.15, 0.2) is 0 Å². The van der Waals surface area contributed by atoms with Gasteiger partial charge in [-0.3, -0.25) is 4.98 Å². The molecule has 15 heavy (non-hydrogen) atoms. The number of alkyl halides is 1. The molecule has 0 saturated heterocycles. The largest absolute Gasteiger partial charge is 0.492 e. The SMILES string of the molecule is CCCOc1cncc(C(C)C(C)Cl)c1. The number of aromatic nitrogens is 1. The summed E-state index contributed by atoms with van der Waals surface area (Å²) >= 11 is 6.05. The summed E-state index contributed by atoms with van der Waals surface area (Å²) < 4.78 is 5.52. The molecule has 3 heteroatoms. The minimum absolute atomic E-state index is 0.105. The summed E-state index contributed by atoms with van der Waals surface area (Å²) in [7, 11) is 0. The summed E-state index contributed by atoms with van der Waals surface area (Å²) in [6.45, 7) is 6.90. The Morgan fingerprint density at radius 2 is 2.13 bits per heavy atom. The normalized spacial score (nSPS) is 14.7. The summed E-state index contributed by atoms with van der Waals surface area (Å²) in [5.74, 6) is 1.13. The van der Waals surface area contributed by atoms with E-state index in [9.17, 15) is 0 Å². The molecule has 2 atom stereocenters. The first-order valence-electron chi connectivity index (χ1n) is 5.37. The van der Waals surface area contributed by atoms with E-state index >= 15 is 0 Å². The van der Waals surface area contributed by atoms with E-state index < -0.39 is 0 Å². The van der Waals surface area contributed by atoms with Gasteiger partial charge in [-0.05, 0) is 30.9 Å². The highest BCUT2D eigenvalue weighted by molar-refractivity contribution is 6.20. The highest BCUT2D eigenvalue weighted by atomic mass is 35.5. The minimum Gasteiger partial charge on any atom is -0.492 e. The molecule has 0 saturated carbocycles. The first-order chi connectivity index (χ1) is 7.15. The zero-order chi connectivity index (χ0) is 11.3. The maximum atomic E-state index is 6.05. The number of halogens is 1. The van der Waals surface area contributed by atoms with Crippen molar-refractivity contribution in [2.45, 2.75) is 38.5 Å². The van der Waals surface area contributed by atoms with Crippen molar-refractivity contribution in [3.05, 3.63) is 24.0 Å². The van der Waals surface area contributed by atoms with Crippen molar-refractivity contribution in [2.75, 3.05) is 6.61 Å². The number of pyridine rings is 1. The third-order valence-corrected chi connectivity index (χ3v) is 2.80. The number of hydrogen-bond donors (Lipinski definition) is 0. The number of hydrogen-bond acceptors (Lipinski definition) is 2. The molecule has 1 heterocycles. The van der Waals surface area contributed by atoms with Crippen LogP contribution < -0.4 is 4.74 Å². The van der Waals surface area contributed by atoms with Crippen molar-refractivity contribution in [2.24, 2.45) is 0 Å². The van der Waals surface area contributed by atoms with Gasteiger partial charge in [0, 0.05) is 11.6 Å². The lowest BCUT2D eigenvalue weighted by molar-refractivity contribution is 0.315. The van der Waals surface area contributed by atoms with E-state index in [1.54, 1.807) is 6.20 Å². The van der Waals surface area contributed by atoms with E-state index in [0.717, 1.165) is 24.3 Å². The van der Waals surface area contributed by atoms with Crippen molar-refractivity contribution < 1.29 is 4.74 Å². The molecule has 0 spiro atoms. The average Bonchev–Trinajstić information content (AvgIpc) is 2.25. The first-order valence-corrected chi connectivity index (χ1v) is 5.80. The molecule has 84 valence electrons. The van der Waals surface area contributed by atoms with E-state index in [0.29, 0.717) is 5.92 Å². The van der Waals surface area contributed by atoms with Crippen LogP contribution >= 0.6 is 11.6 Å². The fourth-order valence-corrected chi connectivity index (χ4v) is 1.39. The van der Waals surface area contributed by atoms with Crippen LogP contribution in [-0.2, 0) is 0 Å². The van der Waals surface area contributed by atoms with E-state index in [2.05, 4.69) is 18.8 Å². The fourth-order valence-electron chi connectivity index (χ4n) is 1.25. The molecule has 0 radical (unpaired) electrons. The van der Waals surface area contributed by atoms with Crippen molar-refractivity contribution in [1.29, 1.82) is 0 Å². The number of nitrogens with zero attached hydrogens (tertiary/aromatic N) is 1. The van der Waals surface area contributed by atoms with Gasteiger partial charge < -0.3 is 4.74 Å². The van der Waals surface area contributed by atoms with Crippen molar-refractivity contribution in [1.82, 2.24) is 4.98 Å². The van der Waals surface area contributed by atoms with Crippen LogP contribution in [0.1, 0.15) is 38.7 Å². The Balaban J connectivity index is 2.73. The smallest absolute Gasteiger partial charge is 0.137 e. The van der Waals surface area contributed by atoms with Gasteiger partial charge in [-0.15, -0.1) is 11.6 Å². The molecular weight excluding hydrogens is 210 g/mol. The summed E-state index contributed by atoms with van der Waals surface area (Å²) in [6, 6.07) is 2.02. The van der Waals surface area contributed by atoms with Crippen molar-refractivity contribution in [3.63, 3.8) is 0 Å². The molecular formula is C12H18ClNO. The molecule has 0 aliphatic carbocycles. The molecule has 0 aliphatic heterocycles. The molecule has 1 rings (SSSR count). The quantitative estimate of drug-likeness (QED) is 0.717. The van der Waals surface area contributed by atoms with Crippen LogP contribution in [0, 0.1) is 0 Å². The van der Waals surface area contributed by atoms with Crippen LogP contribution in [0.15, 0.2) is 18.5 Å². The highest BCUT2D eigenvalue weighted by Crippen LogP contribution is 2.24. The van der Waals surface area contributed by atoms with Crippen LogP contribution in [0.2, 0.25) is 0 Å². The molecule has 2 unspecified atom stereocenters. The predicted molar refractivity (Wildman–Crippen MR) is 63.8 cm³/mol. The molecule has 0 bridgehead atoms. The highest BCUT2D eigenvalue weighted by Gasteiger charge is 2.12. The second-order valence-electron chi connectivity index (χ2n) is 3.77. The molecule has 0 fully saturated rings.